The predicted molar refractivity (Wildman–Crippen MR) is 121 cm³/mol. The molecule has 1 N–H and O–H groups in total. The molecule has 0 unspecified atom stereocenters. The van der Waals surface area contributed by atoms with E-state index in [2.05, 4.69) is 15.5 Å². The van der Waals surface area contributed by atoms with E-state index >= 15 is 0 Å². The Hall–Kier alpha value is -3.40. The normalized spacial score (nSPS) is 14.0. The van der Waals surface area contributed by atoms with Gasteiger partial charge in [0.05, 0.1) is 30.3 Å². The second kappa shape index (κ2) is 10.5. The molecule has 0 bridgehead atoms. The summed E-state index contributed by atoms with van der Waals surface area (Å²) in [5.41, 5.74) is 0.458. The number of esters is 1. The number of nitrogens with zero attached hydrogens (tertiary/aromatic N) is 2. The van der Waals surface area contributed by atoms with Gasteiger partial charge < -0.3 is 24.1 Å². The molecule has 1 aliphatic carbocycles. The molecule has 0 atom stereocenters. The molecule has 2 aromatic heterocycles. The Morgan fingerprint density at radius 1 is 1.15 bits per heavy atom. The topological polar surface area (TPSA) is 113 Å². The van der Waals surface area contributed by atoms with E-state index in [1.165, 1.54) is 31.6 Å². The van der Waals surface area contributed by atoms with Crippen LogP contribution in [0.4, 0.5) is 5.69 Å². The average molecular weight is 472 g/mol. The highest BCUT2D eigenvalue weighted by molar-refractivity contribution is 7.13. The monoisotopic (exact) mass is 471 g/mol. The van der Waals surface area contributed by atoms with Gasteiger partial charge in [0.1, 0.15) is 0 Å². The van der Waals surface area contributed by atoms with Gasteiger partial charge >= 0.3 is 5.97 Å². The fourth-order valence-corrected chi connectivity index (χ4v) is 4.42. The lowest BCUT2D eigenvalue weighted by atomic mass is 9.88. The Bertz CT molecular complexity index is 1110. The minimum atomic E-state index is -0.655. The second-order valence-corrected chi connectivity index (χ2v) is 8.59. The Kier molecular flexibility index (Phi) is 7.23. The Balaban J connectivity index is 1.51. The SMILES string of the molecule is COc1cc(NC(=O)C2CCCCC2)c(C(=O)OCc2noc(-c3cccs3)n2)cc1OC. The van der Waals surface area contributed by atoms with Crippen LogP contribution in [0, 0.1) is 5.92 Å². The number of hydrogen-bond acceptors (Lipinski definition) is 9. The number of carbonyl (C=O) groups excluding carboxylic acids is 2. The minimum Gasteiger partial charge on any atom is -0.493 e. The molecule has 3 aromatic rings. The first kappa shape index (κ1) is 22.8. The first-order valence-electron chi connectivity index (χ1n) is 10.7. The van der Waals surface area contributed by atoms with Crippen molar-refractivity contribution in [3.8, 4) is 22.3 Å². The van der Waals surface area contributed by atoms with Crippen molar-refractivity contribution >= 4 is 28.9 Å². The lowest BCUT2D eigenvalue weighted by Gasteiger charge is -2.22. The second-order valence-electron chi connectivity index (χ2n) is 7.65. The number of thiophene rings is 1. The third kappa shape index (κ3) is 5.33. The molecule has 174 valence electrons. The lowest BCUT2D eigenvalue weighted by molar-refractivity contribution is -0.120. The minimum absolute atomic E-state index is 0.0780. The van der Waals surface area contributed by atoms with Crippen LogP contribution >= 0.6 is 11.3 Å². The van der Waals surface area contributed by atoms with E-state index in [1.807, 2.05) is 17.5 Å². The van der Waals surface area contributed by atoms with E-state index in [-0.39, 0.29) is 29.8 Å². The first-order valence-corrected chi connectivity index (χ1v) is 11.6. The molecular formula is C23H25N3O6S. The zero-order valence-electron chi connectivity index (χ0n) is 18.5. The molecular weight excluding hydrogens is 446 g/mol. The maximum atomic E-state index is 12.9. The molecule has 0 saturated heterocycles. The van der Waals surface area contributed by atoms with Gasteiger partial charge in [-0.05, 0) is 24.3 Å². The molecule has 0 radical (unpaired) electrons. The van der Waals surface area contributed by atoms with Crippen molar-refractivity contribution in [1.82, 2.24) is 10.1 Å². The molecule has 10 heteroatoms. The number of benzene rings is 1. The van der Waals surface area contributed by atoms with Crippen LogP contribution < -0.4 is 14.8 Å². The van der Waals surface area contributed by atoms with Gasteiger partial charge in [-0.25, -0.2) is 4.79 Å². The van der Waals surface area contributed by atoms with Gasteiger partial charge in [-0.3, -0.25) is 4.79 Å². The highest BCUT2D eigenvalue weighted by atomic mass is 32.1. The van der Waals surface area contributed by atoms with Crippen molar-refractivity contribution in [2.24, 2.45) is 5.92 Å². The van der Waals surface area contributed by atoms with Crippen molar-refractivity contribution in [3.05, 3.63) is 41.0 Å². The predicted octanol–water partition coefficient (Wildman–Crippen LogP) is 4.69. The van der Waals surface area contributed by atoms with Gasteiger partial charge in [0.2, 0.25) is 11.7 Å². The summed E-state index contributed by atoms with van der Waals surface area (Å²) in [6.07, 6.45) is 4.86. The number of aromatic nitrogens is 2. The Morgan fingerprint density at radius 3 is 2.61 bits per heavy atom. The van der Waals surface area contributed by atoms with Crippen molar-refractivity contribution in [1.29, 1.82) is 0 Å². The zero-order valence-corrected chi connectivity index (χ0v) is 19.3. The third-order valence-electron chi connectivity index (χ3n) is 5.51. The summed E-state index contributed by atoms with van der Waals surface area (Å²) in [5, 5.41) is 8.65. The molecule has 1 amide bonds. The number of rotatable bonds is 8. The number of carbonyl (C=O) groups is 2. The van der Waals surface area contributed by atoms with Crippen molar-refractivity contribution in [2.45, 2.75) is 38.7 Å². The van der Waals surface area contributed by atoms with Gasteiger partial charge in [0.15, 0.2) is 18.1 Å². The standard InChI is InChI=1S/C23H25N3O6S/c1-29-17-11-15(16(12-18(17)30-2)24-21(27)14-7-4-3-5-8-14)23(28)31-13-20-25-22(32-26-20)19-9-6-10-33-19/h6,9-12,14H,3-5,7-8,13H2,1-2H3,(H,24,27). The summed E-state index contributed by atoms with van der Waals surface area (Å²) in [4.78, 5) is 30.8. The Morgan fingerprint density at radius 2 is 1.91 bits per heavy atom. The summed E-state index contributed by atoms with van der Waals surface area (Å²) < 4.78 is 21.3. The van der Waals surface area contributed by atoms with Gasteiger partial charge in [0.25, 0.3) is 5.89 Å². The highest BCUT2D eigenvalue weighted by Crippen LogP contribution is 2.35. The summed E-state index contributed by atoms with van der Waals surface area (Å²) >= 11 is 1.47. The van der Waals surface area contributed by atoms with Crippen molar-refractivity contribution in [3.63, 3.8) is 0 Å². The molecule has 0 aliphatic heterocycles. The molecule has 1 aromatic carbocycles. The van der Waals surface area contributed by atoms with E-state index < -0.39 is 5.97 Å². The maximum Gasteiger partial charge on any atom is 0.340 e. The fourth-order valence-electron chi connectivity index (χ4n) is 3.77. The molecule has 9 nitrogen and oxygen atoms in total. The molecule has 1 aliphatic rings. The molecule has 4 rings (SSSR count). The van der Waals surface area contributed by atoms with E-state index in [0.717, 1.165) is 37.0 Å². The number of methoxy groups -OCH3 is 2. The summed E-state index contributed by atoms with van der Waals surface area (Å²) in [7, 11) is 2.96. The molecule has 1 fully saturated rings. The molecule has 1 saturated carbocycles. The maximum absolute atomic E-state index is 12.9. The number of amides is 1. The van der Waals surface area contributed by atoms with Gasteiger partial charge in [0, 0.05) is 18.1 Å². The average Bonchev–Trinajstić information content (AvgIpc) is 3.55. The van der Waals surface area contributed by atoms with Crippen LogP contribution in [0.25, 0.3) is 10.8 Å². The van der Waals surface area contributed by atoms with Crippen LogP contribution in [-0.4, -0.2) is 36.2 Å². The summed E-state index contributed by atoms with van der Waals surface area (Å²) in [6.45, 7) is -0.182. The van der Waals surface area contributed by atoms with Crippen LogP contribution in [0.5, 0.6) is 11.5 Å². The largest absolute Gasteiger partial charge is 0.493 e. The third-order valence-corrected chi connectivity index (χ3v) is 6.37. The number of hydrogen-bond donors (Lipinski definition) is 1. The summed E-state index contributed by atoms with van der Waals surface area (Å²) in [6, 6.07) is 6.80. The van der Waals surface area contributed by atoms with Crippen LogP contribution in [0.15, 0.2) is 34.2 Å². The number of ether oxygens (including phenoxy) is 3. The smallest absolute Gasteiger partial charge is 0.340 e. The first-order chi connectivity index (χ1) is 16.1. The van der Waals surface area contributed by atoms with E-state index in [0.29, 0.717) is 23.1 Å². The van der Waals surface area contributed by atoms with Gasteiger partial charge in [-0.2, -0.15) is 4.98 Å². The highest BCUT2D eigenvalue weighted by Gasteiger charge is 2.25. The number of nitrogens with one attached hydrogen (secondary N) is 1. The van der Waals surface area contributed by atoms with Crippen LogP contribution in [0.2, 0.25) is 0 Å². The summed E-state index contributed by atoms with van der Waals surface area (Å²) in [5.74, 6) is 0.492. The molecule has 0 spiro atoms. The zero-order chi connectivity index (χ0) is 23.2. The molecule has 33 heavy (non-hydrogen) atoms. The lowest BCUT2D eigenvalue weighted by Crippen LogP contribution is -2.26. The van der Waals surface area contributed by atoms with E-state index in [9.17, 15) is 9.59 Å². The quantitative estimate of drug-likeness (QED) is 0.471. The van der Waals surface area contributed by atoms with Crippen LogP contribution in [-0.2, 0) is 16.1 Å². The number of anilines is 1. The van der Waals surface area contributed by atoms with Crippen LogP contribution in [0.1, 0.15) is 48.3 Å². The van der Waals surface area contributed by atoms with E-state index in [4.69, 9.17) is 18.7 Å². The van der Waals surface area contributed by atoms with Crippen molar-refractivity contribution in [2.75, 3.05) is 19.5 Å². The molecule has 2 heterocycles. The Labute approximate surface area is 195 Å². The van der Waals surface area contributed by atoms with Crippen LogP contribution in [0.3, 0.4) is 0 Å². The van der Waals surface area contributed by atoms with Gasteiger partial charge in [-0.15, -0.1) is 11.3 Å². The van der Waals surface area contributed by atoms with E-state index in [1.54, 1.807) is 6.07 Å². The van der Waals surface area contributed by atoms with Crippen molar-refractivity contribution < 1.29 is 28.3 Å². The van der Waals surface area contributed by atoms with Gasteiger partial charge in [-0.1, -0.05) is 30.5 Å². The fraction of sp³-hybridized carbons (Fsp3) is 0.391.